The second-order valence-corrected chi connectivity index (χ2v) is 6.61. The number of nitrogens with two attached hydrogens (primary N) is 1. The van der Waals surface area contributed by atoms with E-state index in [4.69, 9.17) is 5.73 Å². The van der Waals surface area contributed by atoms with E-state index >= 15 is 0 Å². The van der Waals surface area contributed by atoms with Crippen molar-refractivity contribution in [3.05, 3.63) is 30.5 Å². The molecule has 2 N–H and O–H groups in total. The zero-order valence-electron chi connectivity index (χ0n) is 12.5. The van der Waals surface area contributed by atoms with E-state index in [1.807, 2.05) is 18.3 Å². The molecule has 1 saturated carbocycles. The lowest BCUT2D eigenvalue weighted by Gasteiger charge is -2.42. The van der Waals surface area contributed by atoms with Crippen LogP contribution in [-0.4, -0.2) is 18.1 Å². The van der Waals surface area contributed by atoms with Crippen LogP contribution in [0.25, 0.3) is 10.9 Å². The number of pyridine rings is 1. The SMILES string of the molecule is Nc1ccc(N2CCC3CCCCC3C2)c2ncccc12. The molecule has 1 aromatic heterocycles. The van der Waals surface area contributed by atoms with Gasteiger partial charge in [-0.3, -0.25) is 4.98 Å². The van der Waals surface area contributed by atoms with E-state index in [0.717, 1.165) is 35.0 Å². The Balaban J connectivity index is 1.69. The highest BCUT2D eigenvalue weighted by Crippen LogP contribution is 2.39. The quantitative estimate of drug-likeness (QED) is 0.808. The van der Waals surface area contributed by atoms with Crippen LogP contribution < -0.4 is 10.6 Å². The summed E-state index contributed by atoms with van der Waals surface area (Å²) in [4.78, 5) is 7.14. The maximum absolute atomic E-state index is 6.10. The Morgan fingerprint density at radius 3 is 2.81 bits per heavy atom. The van der Waals surface area contributed by atoms with Gasteiger partial charge in [0.1, 0.15) is 0 Å². The molecule has 1 aliphatic heterocycles. The third kappa shape index (κ3) is 2.25. The molecule has 0 bridgehead atoms. The van der Waals surface area contributed by atoms with Crippen molar-refractivity contribution >= 4 is 22.3 Å². The lowest BCUT2D eigenvalue weighted by Crippen LogP contribution is -2.41. The summed E-state index contributed by atoms with van der Waals surface area (Å²) in [7, 11) is 0. The zero-order chi connectivity index (χ0) is 14.2. The predicted molar refractivity (Wildman–Crippen MR) is 88.4 cm³/mol. The normalized spacial score (nSPS) is 25.8. The number of fused-ring (bicyclic) bond motifs is 2. The lowest BCUT2D eigenvalue weighted by molar-refractivity contribution is 0.202. The van der Waals surface area contributed by atoms with Crippen molar-refractivity contribution in [2.45, 2.75) is 32.1 Å². The van der Waals surface area contributed by atoms with Crippen LogP contribution in [0.2, 0.25) is 0 Å². The highest BCUT2D eigenvalue weighted by atomic mass is 15.1. The molecule has 2 atom stereocenters. The van der Waals surface area contributed by atoms with Gasteiger partial charge in [0.15, 0.2) is 0 Å². The van der Waals surface area contributed by atoms with Crippen LogP contribution in [0.3, 0.4) is 0 Å². The van der Waals surface area contributed by atoms with Gasteiger partial charge in [0.2, 0.25) is 0 Å². The van der Waals surface area contributed by atoms with Crippen molar-refractivity contribution < 1.29 is 0 Å². The van der Waals surface area contributed by atoms with Crippen LogP contribution in [0.4, 0.5) is 11.4 Å². The van der Waals surface area contributed by atoms with Gasteiger partial charge in [0.05, 0.1) is 11.2 Å². The Hall–Kier alpha value is -1.77. The average molecular weight is 281 g/mol. The van der Waals surface area contributed by atoms with Crippen molar-refractivity contribution in [3.8, 4) is 0 Å². The molecule has 1 saturated heterocycles. The Bertz CT molecular complexity index is 652. The van der Waals surface area contributed by atoms with Crippen molar-refractivity contribution in [3.63, 3.8) is 0 Å². The Morgan fingerprint density at radius 2 is 1.90 bits per heavy atom. The second kappa shape index (κ2) is 5.21. The van der Waals surface area contributed by atoms with Gasteiger partial charge in [-0.25, -0.2) is 0 Å². The van der Waals surface area contributed by atoms with Gasteiger partial charge in [0.25, 0.3) is 0 Å². The summed E-state index contributed by atoms with van der Waals surface area (Å²) in [5, 5.41) is 1.08. The second-order valence-electron chi connectivity index (χ2n) is 6.61. The topological polar surface area (TPSA) is 42.1 Å². The van der Waals surface area contributed by atoms with Crippen molar-refractivity contribution in [2.24, 2.45) is 11.8 Å². The fourth-order valence-electron chi connectivity index (χ4n) is 4.25. The number of anilines is 2. The third-order valence-electron chi connectivity index (χ3n) is 5.41. The van der Waals surface area contributed by atoms with Gasteiger partial charge in [-0.1, -0.05) is 19.3 Å². The summed E-state index contributed by atoms with van der Waals surface area (Å²) >= 11 is 0. The van der Waals surface area contributed by atoms with Crippen LogP contribution in [-0.2, 0) is 0 Å². The molecule has 2 aliphatic rings. The van der Waals surface area contributed by atoms with Crippen LogP contribution >= 0.6 is 0 Å². The average Bonchev–Trinajstić information content (AvgIpc) is 2.55. The zero-order valence-corrected chi connectivity index (χ0v) is 12.5. The molecule has 21 heavy (non-hydrogen) atoms. The van der Waals surface area contributed by atoms with Gasteiger partial charge in [-0.05, 0) is 48.9 Å². The number of nitrogens with zero attached hydrogens (tertiary/aromatic N) is 2. The smallest absolute Gasteiger partial charge is 0.0955 e. The van der Waals surface area contributed by atoms with Gasteiger partial charge < -0.3 is 10.6 Å². The number of piperidine rings is 1. The maximum Gasteiger partial charge on any atom is 0.0955 e. The first-order valence-electron chi connectivity index (χ1n) is 8.21. The number of rotatable bonds is 1. The first-order chi connectivity index (χ1) is 10.3. The first kappa shape index (κ1) is 12.9. The molecular formula is C18H23N3. The summed E-state index contributed by atoms with van der Waals surface area (Å²) in [6.45, 7) is 2.36. The molecule has 3 heteroatoms. The summed E-state index contributed by atoms with van der Waals surface area (Å²) in [5.41, 5.74) is 9.26. The molecule has 0 amide bonds. The fourth-order valence-corrected chi connectivity index (χ4v) is 4.25. The molecule has 110 valence electrons. The first-order valence-corrected chi connectivity index (χ1v) is 8.21. The van der Waals surface area contributed by atoms with Gasteiger partial charge >= 0.3 is 0 Å². The summed E-state index contributed by atoms with van der Waals surface area (Å²) in [5.74, 6) is 1.84. The molecular weight excluding hydrogens is 258 g/mol. The molecule has 4 rings (SSSR count). The monoisotopic (exact) mass is 281 g/mol. The van der Waals surface area contributed by atoms with E-state index in [0.29, 0.717) is 0 Å². The number of hydrogen-bond acceptors (Lipinski definition) is 3. The summed E-state index contributed by atoms with van der Waals surface area (Å²) in [6.07, 6.45) is 8.91. The van der Waals surface area contributed by atoms with Crippen molar-refractivity contribution in [1.82, 2.24) is 4.98 Å². The van der Waals surface area contributed by atoms with Crippen LogP contribution in [0.1, 0.15) is 32.1 Å². The molecule has 0 spiro atoms. The predicted octanol–water partition coefficient (Wildman–Crippen LogP) is 3.83. The summed E-state index contributed by atoms with van der Waals surface area (Å²) in [6, 6.07) is 8.24. The molecule has 2 unspecified atom stereocenters. The fraction of sp³-hybridized carbons (Fsp3) is 0.500. The number of benzene rings is 1. The number of nitrogen functional groups attached to an aromatic ring is 1. The largest absolute Gasteiger partial charge is 0.398 e. The van der Waals surface area contributed by atoms with E-state index in [-0.39, 0.29) is 0 Å². The van der Waals surface area contributed by atoms with Crippen molar-refractivity contribution in [2.75, 3.05) is 23.7 Å². The van der Waals surface area contributed by atoms with Gasteiger partial charge in [-0.15, -0.1) is 0 Å². The number of aromatic nitrogens is 1. The lowest BCUT2D eigenvalue weighted by atomic mass is 9.75. The van der Waals surface area contributed by atoms with E-state index in [1.54, 1.807) is 0 Å². The third-order valence-corrected chi connectivity index (χ3v) is 5.41. The molecule has 2 fully saturated rings. The van der Waals surface area contributed by atoms with Crippen LogP contribution in [0, 0.1) is 11.8 Å². The number of hydrogen-bond donors (Lipinski definition) is 1. The van der Waals surface area contributed by atoms with Crippen molar-refractivity contribution in [1.29, 1.82) is 0 Å². The van der Waals surface area contributed by atoms with E-state index in [1.165, 1.54) is 44.3 Å². The van der Waals surface area contributed by atoms with E-state index < -0.39 is 0 Å². The maximum atomic E-state index is 6.10. The molecule has 1 aliphatic carbocycles. The van der Waals surface area contributed by atoms with E-state index in [2.05, 4.69) is 22.0 Å². The molecule has 0 radical (unpaired) electrons. The van der Waals surface area contributed by atoms with Gasteiger partial charge in [-0.2, -0.15) is 0 Å². The van der Waals surface area contributed by atoms with Gasteiger partial charge in [0, 0.05) is 30.4 Å². The molecule has 2 aromatic rings. The standard InChI is InChI=1S/C18H23N3/c19-16-7-8-17(18-15(16)6-3-10-20-18)21-11-9-13-4-1-2-5-14(13)12-21/h3,6-8,10,13-14H,1-2,4-5,9,11-12,19H2. The summed E-state index contributed by atoms with van der Waals surface area (Å²) < 4.78 is 0. The minimum absolute atomic E-state index is 0.828. The van der Waals surface area contributed by atoms with E-state index in [9.17, 15) is 0 Å². The highest BCUT2D eigenvalue weighted by molar-refractivity contribution is 5.98. The molecule has 3 nitrogen and oxygen atoms in total. The molecule has 2 heterocycles. The Morgan fingerprint density at radius 1 is 1.05 bits per heavy atom. The Labute approximate surface area is 126 Å². The Kier molecular flexibility index (Phi) is 3.21. The van der Waals surface area contributed by atoms with Crippen LogP contribution in [0.5, 0.6) is 0 Å². The minimum Gasteiger partial charge on any atom is -0.398 e. The highest BCUT2D eigenvalue weighted by Gasteiger charge is 2.31. The van der Waals surface area contributed by atoms with Crippen LogP contribution in [0.15, 0.2) is 30.5 Å². The minimum atomic E-state index is 0.828. The molecule has 1 aromatic carbocycles.